The van der Waals surface area contributed by atoms with Crippen LogP contribution < -0.4 is 0 Å². The van der Waals surface area contributed by atoms with Gasteiger partial charge in [-0.05, 0) is 38.0 Å². The van der Waals surface area contributed by atoms with E-state index < -0.39 is 0 Å². The predicted octanol–water partition coefficient (Wildman–Crippen LogP) is 10.4. The summed E-state index contributed by atoms with van der Waals surface area (Å²) in [7, 11) is 0. The predicted molar refractivity (Wildman–Crippen MR) is 168 cm³/mol. The Hall–Kier alpha value is -0.580. The van der Waals surface area contributed by atoms with E-state index in [-0.39, 0.29) is 11.9 Å². The second-order valence-corrected chi connectivity index (χ2v) is 12.1. The third-order valence-corrected chi connectivity index (χ3v) is 8.22. The van der Waals surface area contributed by atoms with Crippen molar-refractivity contribution in [3.63, 3.8) is 0 Å². The number of rotatable bonds is 29. The molecule has 0 aromatic rings. The van der Waals surface area contributed by atoms with Crippen molar-refractivity contribution in [2.45, 2.75) is 168 Å². The molecule has 4 nitrogen and oxygen atoms in total. The molecule has 0 fully saturated rings. The summed E-state index contributed by atoms with van der Waals surface area (Å²) in [6.07, 6.45) is 26.4. The summed E-state index contributed by atoms with van der Waals surface area (Å²) < 4.78 is 5.79. The van der Waals surface area contributed by atoms with Crippen LogP contribution in [0.25, 0.3) is 0 Å². The van der Waals surface area contributed by atoms with Crippen LogP contribution in [0.5, 0.6) is 0 Å². The van der Waals surface area contributed by atoms with Gasteiger partial charge in [0.25, 0.3) is 0 Å². The Morgan fingerprint density at radius 1 is 0.605 bits per heavy atom. The van der Waals surface area contributed by atoms with Crippen LogP contribution in [-0.4, -0.2) is 41.8 Å². The third-order valence-electron chi connectivity index (χ3n) is 7.66. The van der Waals surface area contributed by atoms with Gasteiger partial charge < -0.3 is 9.64 Å². The fourth-order valence-electron chi connectivity index (χ4n) is 5.04. The summed E-state index contributed by atoms with van der Waals surface area (Å²) in [6, 6.07) is 0. The van der Waals surface area contributed by atoms with Gasteiger partial charge >= 0.3 is 5.97 Å². The molecule has 38 heavy (non-hydrogen) atoms. The smallest absolute Gasteiger partial charge is 0.307 e. The molecule has 1 unspecified atom stereocenters. The maximum absolute atomic E-state index is 12.9. The highest BCUT2D eigenvalue weighted by molar-refractivity contribution is 9.09. The first-order chi connectivity index (χ1) is 18.6. The van der Waals surface area contributed by atoms with Crippen molar-refractivity contribution in [1.29, 1.82) is 0 Å². The van der Waals surface area contributed by atoms with E-state index in [0.29, 0.717) is 31.9 Å². The summed E-state index contributed by atoms with van der Waals surface area (Å²) in [5.74, 6) is 0.567. The van der Waals surface area contributed by atoms with E-state index in [1.165, 1.54) is 109 Å². The molecular weight excluding hydrogens is 538 g/mol. The molecule has 5 heteroatoms. The Balaban J connectivity index is 4.55. The van der Waals surface area contributed by atoms with Crippen LogP contribution in [0.2, 0.25) is 0 Å². The molecule has 1 atom stereocenters. The van der Waals surface area contributed by atoms with E-state index in [1.54, 1.807) is 0 Å². The van der Waals surface area contributed by atoms with Gasteiger partial charge in [-0.3, -0.25) is 9.59 Å². The number of esters is 1. The van der Waals surface area contributed by atoms with E-state index in [0.717, 1.165) is 37.6 Å². The largest absolute Gasteiger partial charge is 0.465 e. The number of hydrogen-bond donors (Lipinski definition) is 0. The molecule has 1 amide bonds. The van der Waals surface area contributed by atoms with Crippen LogP contribution in [0.4, 0.5) is 0 Å². The Labute approximate surface area is 245 Å². The summed E-state index contributed by atoms with van der Waals surface area (Å²) in [6.45, 7) is 8.55. The number of amides is 1. The highest BCUT2D eigenvalue weighted by Gasteiger charge is 2.17. The zero-order chi connectivity index (χ0) is 28.1. The number of ether oxygens (including phenoxy) is 1. The van der Waals surface area contributed by atoms with Crippen LogP contribution in [-0.2, 0) is 14.3 Å². The standard InChI is InChI=1S/C33H64BrNO3/c1-4-7-10-13-15-19-24-31(23-18-11-8-5-2)30-38-33(37)26-29-35(28-22-12-9-6-3)32(36)25-20-16-14-17-21-27-34/h31H,4-30H2,1-3H3. The molecular formula is C33H64BrNO3. The molecule has 0 rings (SSSR count). The Morgan fingerprint density at radius 2 is 1.11 bits per heavy atom. The van der Waals surface area contributed by atoms with Crippen molar-refractivity contribution in [3.8, 4) is 0 Å². The molecule has 0 heterocycles. The van der Waals surface area contributed by atoms with Crippen LogP contribution in [0, 0.1) is 5.92 Å². The van der Waals surface area contributed by atoms with Gasteiger partial charge in [0, 0.05) is 24.8 Å². The first-order valence-corrected chi connectivity index (χ1v) is 17.7. The van der Waals surface area contributed by atoms with Crippen molar-refractivity contribution in [1.82, 2.24) is 4.90 Å². The maximum Gasteiger partial charge on any atom is 0.307 e. The highest BCUT2D eigenvalue weighted by atomic mass is 79.9. The zero-order valence-electron chi connectivity index (χ0n) is 25.7. The van der Waals surface area contributed by atoms with Gasteiger partial charge in [0.05, 0.1) is 13.0 Å². The van der Waals surface area contributed by atoms with Gasteiger partial charge in [-0.25, -0.2) is 0 Å². The van der Waals surface area contributed by atoms with Gasteiger partial charge in [-0.15, -0.1) is 0 Å². The first-order valence-electron chi connectivity index (χ1n) is 16.6. The fourth-order valence-corrected chi connectivity index (χ4v) is 5.44. The van der Waals surface area contributed by atoms with Crippen LogP contribution >= 0.6 is 15.9 Å². The lowest BCUT2D eigenvalue weighted by atomic mass is 9.95. The van der Waals surface area contributed by atoms with Crippen molar-refractivity contribution < 1.29 is 14.3 Å². The van der Waals surface area contributed by atoms with Gasteiger partial charge in [0.15, 0.2) is 0 Å². The molecule has 0 saturated heterocycles. The molecule has 0 aliphatic carbocycles. The number of carbonyl (C=O) groups is 2. The van der Waals surface area contributed by atoms with E-state index in [9.17, 15) is 9.59 Å². The number of unbranched alkanes of at least 4 members (excludes halogenated alkanes) is 15. The minimum Gasteiger partial charge on any atom is -0.465 e. The normalized spacial score (nSPS) is 12.0. The lowest BCUT2D eigenvalue weighted by Gasteiger charge is -2.23. The Morgan fingerprint density at radius 3 is 1.71 bits per heavy atom. The zero-order valence-corrected chi connectivity index (χ0v) is 27.3. The second-order valence-electron chi connectivity index (χ2n) is 11.4. The van der Waals surface area contributed by atoms with Gasteiger partial charge in [0.1, 0.15) is 0 Å². The molecule has 0 bridgehead atoms. The van der Waals surface area contributed by atoms with Gasteiger partial charge in [0.2, 0.25) is 5.91 Å². The summed E-state index contributed by atoms with van der Waals surface area (Å²) in [5.41, 5.74) is 0. The summed E-state index contributed by atoms with van der Waals surface area (Å²) in [5, 5.41) is 1.06. The minimum absolute atomic E-state index is 0.132. The topological polar surface area (TPSA) is 46.6 Å². The second kappa shape index (κ2) is 29.4. The van der Waals surface area contributed by atoms with Crippen molar-refractivity contribution in [3.05, 3.63) is 0 Å². The molecule has 0 N–H and O–H groups in total. The van der Waals surface area contributed by atoms with Gasteiger partial charge in [-0.2, -0.15) is 0 Å². The molecule has 0 aliphatic heterocycles. The molecule has 0 aromatic carbocycles. The highest BCUT2D eigenvalue weighted by Crippen LogP contribution is 2.20. The summed E-state index contributed by atoms with van der Waals surface area (Å²) >= 11 is 3.48. The number of carbonyl (C=O) groups excluding carboxylic acids is 2. The maximum atomic E-state index is 12.9. The summed E-state index contributed by atoms with van der Waals surface area (Å²) in [4.78, 5) is 27.5. The molecule has 0 radical (unpaired) electrons. The van der Waals surface area contributed by atoms with Crippen LogP contribution in [0.1, 0.15) is 168 Å². The minimum atomic E-state index is -0.132. The van der Waals surface area contributed by atoms with E-state index >= 15 is 0 Å². The SMILES string of the molecule is CCCCCCCCC(CCCCCC)COC(=O)CCN(CCCCCC)C(=O)CCCCCCCBr. The van der Waals surface area contributed by atoms with Gasteiger partial charge in [-0.1, -0.05) is 139 Å². The number of alkyl halides is 1. The van der Waals surface area contributed by atoms with E-state index in [1.807, 2.05) is 4.90 Å². The van der Waals surface area contributed by atoms with Crippen LogP contribution in [0.15, 0.2) is 0 Å². The quantitative estimate of drug-likeness (QED) is 0.0486. The van der Waals surface area contributed by atoms with E-state index in [2.05, 4.69) is 36.7 Å². The average molecular weight is 603 g/mol. The van der Waals surface area contributed by atoms with E-state index in [4.69, 9.17) is 4.74 Å². The molecule has 0 aromatic heterocycles. The van der Waals surface area contributed by atoms with Crippen molar-refractivity contribution >= 4 is 27.8 Å². The number of nitrogens with zero attached hydrogens (tertiary/aromatic N) is 1. The molecule has 226 valence electrons. The van der Waals surface area contributed by atoms with Crippen molar-refractivity contribution in [2.75, 3.05) is 25.0 Å². The molecule has 0 spiro atoms. The Kier molecular flexibility index (Phi) is 29.0. The fraction of sp³-hybridized carbons (Fsp3) is 0.939. The number of hydrogen-bond acceptors (Lipinski definition) is 3. The lowest BCUT2D eigenvalue weighted by Crippen LogP contribution is -2.34. The molecule has 0 aliphatic rings. The van der Waals surface area contributed by atoms with Crippen LogP contribution in [0.3, 0.4) is 0 Å². The third kappa shape index (κ3) is 24.5. The Bertz CT molecular complexity index is 528. The lowest BCUT2D eigenvalue weighted by molar-refractivity contribution is -0.146. The first kappa shape index (κ1) is 37.4. The molecule has 0 saturated carbocycles. The monoisotopic (exact) mass is 601 g/mol. The average Bonchev–Trinajstić information content (AvgIpc) is 2.92. The van der Waals surface area contributed by atoms with Crippen molar-refractivity contribution in [2.24, 2.45) is 5.92 Å². The number of halogens is 1.